The largest absolute Gasteiger partial charge is 0.387 e. The third-order valence-corrected chi connectivity index (χ3v) is 4.32. The van der Waals surface area contributed by atoms with Gasteiger partial charge in [0.2, 0.25) is 0 Å². The normalized spacial score (nSPS) is 16.7. The van der Waals surface area contributed by atoms with Crippen LogP contribution in [0.15, 0.2) is 18.2 Å². The first-order valence-corrected chi connectivity index (χ1v) is 7.63. The van der Waals surface area contributed by atoms with E-state index in [1.807, 2.05) is 22.6 Å². The molecule has 1 heterocycles. The molecule has 0 bridgehead atoms. The van der Waals surface area contributed by atoms with Crippen LogP contribution in [0.1, 0.15) is 11.7 Å². The zero-order valence-electron chi connectivity index (χ0n) is 9.88. The molecule has 6 nitrogen and oxygen atoms in total. The lowest BCUT2D eigenvalue weighted by Gasteiger charge is -2.21. The predicted octanol–water partition coefficient (Wildman–Crippen LogP) is 2.22. The van der Waals surface area contributed by atoms with E-state index in [9.17, 15) is 15.2 Å². The van der Waals surface area contributed by atoms with Crippen molar-refractivity contribution in [2.75, 3.05) is 18.8 Å². The summed E-state index contributed by atoms with van der Waals surface area (Å²) in [5.74, 6) is 0.845. The summed E-state index contributed by atoms with van der Waals surface area (Å²) in [7, 11) is 0. The second kappa shape index (κ2) is 6.06. The van der Waals surface area contributed by atoms with E-state index in [-0.39, 0.29) is 5.69 Å². The molecule has 1 atom stereocenters. The van der Waals surface area contributed by atoms with Crippen molar-refractivity contribution in [2.45, 2.75) is 6.10 Å². The SMILES string of the molecule is N=C1SCCN1CC(O)c1cc(I)cc([N+](=O)[O-])c1. The number of hydrogen-bond donors (Lipinski definition) is 2. The molecule has 102 valence electrons. The number of thioether (sulfide) groups is 1. The maximum absolute atomic E-state index is 10.8. The van der Waals surface area contributed by atoms with Crippen LogP contribution in [0.5, 0.6) is 0 Å². The zero-order valence-corrected chi connectivity index (χ0v) is 12.8. The highest BCUT2D eigenvalue weighted by molar-refractivity contribution is 14.1. The van der Waals surface area contributed by atoms with Gasteiger partial charge in [0.05, 0.1) is 11.0 Å². The van der Waals surface area contributed by atoms with Crippen molar-refractivity contribution in [1.29, 1.82) is 5.41 Å². The molecule has 0 aliphatic carbocycles. The summed E-state index contributed by atoms with van der Waals surface area (Å²) in [5.41, 5.74) is 0.495. The van der Waals surface area contributed by atoms with Crippen molar-refractivity contribution in [1.82, 2.24) is 4.90 Å². The Hall–Kier alpha value is -0.870. The van der Waals surface area contributed by atoms with Crippen molar-refractivity contribution >= 4 is 45.2 Å². The minimum Gasteiger partial charge on any atom is -0.387 e. The average molecular weight is 393 g/mol. The quantitative estimate of drug-likeness (QED) is 0.465. The molecule has 1 fully saturated rings. The van der Waals surface area contributed by atoms with Crippen LogP contribution >= 0.6 is 34.4 Å². The van der Waals surface area contributed by atoms with E-state index in [1.54, 1.807) is 11.0 Å². The van der Waals surface area contributed by atoms with Gasteiger partial charge >= 0.3 is 0 Å². The summed E-state index contributed by atoms with van der Waals surface area (Å²) in [6, 6.07) is 4.58. The van der Waals surface area contributed by atoms with Crippen LogP contribution in [-0.2, 0) is 0 Å². The number of nitro groups is 1. The summed E-state index contributed by atoms with van der Waals surface area (Å²) in [4.78, 5) is 12.1. The lowest BCUT2D eigenvalue weighted by atomic mass is 10.1. The first kappa shape index (κ1) is 14.5. The van der Waals surface area contributed by atoms with E-state index >= 15 is 0 Å². The van der Waals surface area contributed by atoms with Crippen molar-refractivity contribution in [3.05, 3.63) is 37.4 Å². The Kier molecular flexibility index (Phi) is 4.63. The lowest BCUT2D eigenvalue weighted by Crippen LogP contribution is -2.29. The molecule has 0 saturated carbocycles. The molecule has 0 radical (unpaired) electrons. The maximum atomic E-state index is 10.8. The molecule has 2 N–H and O–H groups in total. The molecule has 2 rings (SSSR count). The van der Waals surface area contributed by atoms with Gasteiger partial charge < -0.3 is 10.0 Å². The van der Waals surface area contributed by atoms with Crippen LogP contribution in [0.2, 0.25) is 0 Å². The molecule has 0 amide bonds. The highest BCUT2D eigenvalue weighted by Crippen LogP contribution is 2.25. The fraction of sp³-hybridized carbons (Fsp3) is 0.364. The molecular formula is C11H12IN3O3S. The first-order valence-electron chi connectivity index (χ1n) is 5.56. The zero-order chi connectivity index (χ0) is 14.0. The third kappa shape index (κ3) is 3.57. The van der Waals surface area contributed by atoms with E-state index in [0.29, 0.717) is 20.8 Å². The van der Waals surface area contributed by atoms with Gasteiger partial charge in [0, 0.05) is 34.5 Å². The maximum Gasteiger partial charge on any atom is 0.270 e. The highest BCUT2D eigenvalue weighted by atomic mass is 127. The van der Waals surface area contributed by atoms with Crippen LogP contribution in [0.25, 0.3) is 0 Å². The molecular weight excluding hydrogens is 381 g/mol. The second-order valence-electron chi connectivity index (χ2n) is 4.12. The van der Waals surface area contributed by atoms with E-state index in [1.165, 1.54) is 23.9 Å². The van der Waals surface area contributed by atoms with E-state index < -0.39 is 11.0 Å². The molecule has 1 unspecified atom stereocenters. The summed E-state index contributed by atoms with van der Waals surface area (Å²) in [6.45, 7) is 1.02. The molecule has 8 heteroatoms. The standard InChI is InChI=1S/C11H12IN3O3S/c12-8-3-7(4-9(5-8)15(17)18)10(16)6-14-1-2-19-11(14)13/h3-5,10,13,16H,1-2,6H2. The van der Waals surface area contributed by atoms with E-state index in [4.69, 9.17) is 5.41 Å². The predicted molar refractivity (Wildman–Crippen MR) is 82.5 cm³/mol. The Bertz CT molecular complexity index is 526. The Morgan fingerprint density at radius 1 is 1.58 bits per heavy atom. The molecule has 0 spiro atoms. The van der Waals surface area contributed by atoms with Crippen molar-refractivity contribution < 1.29 is 10.0 Å². The Morgan fingerprint density at radius 2 is 2.32 bits per heavy atom. The number of aliphatic hydroxyl groups is 1. The van der Waals surface area contributed by atoms with Crippen LogP contribution in [0.4, 0.5) is 5.69 Å². The molecule has 1 aromatic carbocycles. The number of nitro benzene ring substituents is 1. The van der Waals surface area contributed by atoms with Crippen molar-refractivity contribution in [3.63, 3.8) is 0 Å². The highest BCUT2D eigenvalue weighted by Gasteiger charge is 2.22. The monoisotopic (exact) mass is 393 g/mol. The number of aliphatic hydroxyl groups excluding tert-OH is 1. The number of non-ortho nitro benzene ring substituents is 1. The number of nitrogens with zero attached hydrogens (tertiary/aromatic N) is 2. The fourth-order valence-corrected chi connectivity index (χ4v) is 3.36. The Balaban J connectivity index is 2.16. The number of halogens is 1. The van der Waals surface area contributed by atoms with Gasteiger partial charge in [0.25, 0.3) is 5.69 Å². The summed E-state index contributed by atoms with van der Waals surface area (Å²) in [5, 5.41) is 29.1. The third-order valence-electron chi connectivity index (χ3n) is 2.78. The summed E-state index contributed by atoms with van der Waals surface area (Å²) < 4.78 is 0.715. The van der Waals surface area contributed by atoms with Gasteiger partial charge in [-0.15, -0.1) is 0 Å². The van der Waals surface area contributed by atoms with Crippen LogP contribution in [0, 0.1) is 19.1 Å². The van der Waals surface area contributed by atoms with Gasteiger partial charge in [-0.25, -0.2) is 0 Å². The molecule has 1 saturated heterocycles. The van der Waals surface area contributed by atoms with Crippen molar-refractivity contribution in [3.8, 4) is 0 Å². The molecule has 1 aliphatic heterocycles. The van der Waals surface area contributed by atoms with E-state index in [2.05, 4.69) is 0 Å². The number of benzene rings is 1. The van der Waals surface area contributed by atoms with Gasteiger partial charge in [-0.05, 0) is 34.2 Å². The first-order chi connectivity index (χ1) is 8.97. The number of rotatable bonds is 4. The van der Waals surface area contributed by atoms with Gasteiger partial charge in [-0.1, -0.05) is 11.8 Å². The number of nitrogens with one attached hydrogen (secondary N) is 1. The summed E-state index contributed by atoms with van der Waals surface area (Å²) in [6.07, 6.45) is -0.826. The second-order valence-corrected chi connectivity index (χ2v) is 6.44. The van der Waals surface area contributed by atoms with Crippen LogP contribution in [0.3, 0.4) is 0 Å². The average Bonchev–Trinajstić information content (AvgIpc) is 2.74. The van der Waals surface area contributed by atoms with Crippen LogP contribution < -0.4 is 0 Å². The number of hydrogen-bond acceptors (Lipinski definition) is 5. The minimum atomic E-state index is -0.826. The number of amidine groups is 1. The Morgan fingerprint density at radius 3 is 2.89 bits per heavy atom. The molecule has 0 aromatic heterocycles. The lowest BCUT2D eigenvalue weighted by molar-refractivity contribution is -0.385. The van der Waals surface area contributed by atoms with Gasteiger partial charge in [-0.3, -0.25) is 15.5 Å². The Labute approximate surface area is 128 Å². The molecule has 19 heavy (non-hydrogen) atoms. The van der Waals surface area contributed by atoms with Crippen LogP contribution in [-0.4, -0.2) is 38.9 Å². The number of β-amino-alcohol motifs (C(OH)–C–C–N with tert-alkyl or cyclic N) is 1. The fourth-order valence-electron chi connectivity index (χ4n) is 1.83. The van der Waals surface area contributed by atoms with Gasteiger partial charge in [0.15, 0.2) is 5.17 Å². The molecule has 1 aliphatic rings. The molecule has 1 aromatic rings. The van der Waals surface area contributed by atoms with Gasteiger partial charge in [0.1, 0.15) is 0 Å². The minimum absolute atomic E-state index is 0.0215. The smallest absolute Gasteiger partial charge is 0.270 e. The summed E-state index contributed by atoms with van der Waals surface area (Å²) >= 11 is 3.43. The van der Waals surface area contributed by atoms with Crippen molar-refractivity contribution in [2.24, 2.45) is 0 Å². The topological polar surface area (TPSA) is 90.5 Å². The van der Waals surface area contributed by atoms with E-state index in [0.717, 1.165) is 12.3 Å². The van der Waals surface area contributed by atoms with Gasteiger partial charge in [-0.2, -0.15) is 0 Å².